The van der Waals surface area contributed by atoms with Crippen molar-refractivity contribution in [3.8, 4) is 17.2 Å². The van der Waals surface area contributed by atoms with Crippen LogP contribution in [0.3, 0.4) is 0 Å². The van der Waals surface area contributed by atoms with Gasteiger partial charge in [-0.3, -0.25) is 4.79 Å². The van der Waals surface area contributed by atoms with Crippen molar-refractivity contribution >= 4 is 17.7 Å². The summed E-state index contributed by atoms with van der Waals surface area (Å²) in [6.45, 7) is 2.80. The van der Waals surface area contributed by atoms with E-state index in [0.29, 0.717) is 22.8 Å². The number of ether oxygens (including phenoxy) is 3. The molecule has 110 valence electrons. The molecule has 5 nitrogen and oxygen atoms in total. The SMILES string of the molecule is COc1cc(C(=O)N2CCSC2C)cc(OC)c1OC. The van der Waals surface area contributed by atoms with Crippen LogP contribution >= 0.6 is 11.8 Å². The third-order valence-electron chi connectivity index (χ3n) is 3.30. The zero-order valence-electron chi connectivity index (χ0n) is 12.1. The second kappa shape index (κ2) is 6.26. The van der Waals surface area contributed by atoms with Gasteiger partial charge in [-0.2, -0.15) is 0 Å². The summed E-state index contributed by atoms with van der Waals surface area (Å²) in [4.78, 5) is 14.4. The minimum Gasteiger partial charge on any atom is -0.493 e. The number of thioether (sulfide) groups is 1. The van der Waals surface area contributed by atoms with E-state index in [9.17, 15) is 4.79 Å². The van der Waals surface area contributed by atoms with Crippen molar-refractivity contribution in [2.75, 3.05) is 33.6 Å². The molecule has 1 amide bonds. The van der Waals surface area contributed by atoms with Gasteiger partial charge >= 0.3 is 0 Å². The first-order valence-corrected chi connectivity index (χ1v) is 7.39. The van der Waals surface area contributed by atoms with Crippen molar-refractivity contribution in [2.24, 2.45) is 0 Å². The van der Waals surface area contributed by atoms with E-state index in [4.69, 9.17) is 14.2 Å². The molecule has 1 aromatic rings. The molecule has 0 bridgehead atoms. The highest BCUT2D eigenvalue weighted by Crippen LogP contribution is 2.39. The van der Waals surface area contributed by atoms with Gasteiger partial charge < -0.3 is 19.1 Å². The molecule has 0 aliphatic carbocycles. The predicted molar refractivity (Wildman–Crippen MR) is 79.1 cm³/mol. The highest BCUT2D eigenvalue weighted by molar-refractivity contribution is 8.00. The smallest absolute Gasteiger partial charge is 0.255 e. The van der Waals surface area contributed by atoms with Crippen LogP contribution in [0.5, 0.6) is 17.2 Å². The van der Waals surface area contributed by atoms with Gasteiger partial charge in [-0.05, 0) is 19.1 Å². The number of carbonyl (C=O) groups is 1. The number of carbonyl (C=O) groups excluding carboxylic acids is 1. The number of amides is 1. The molecule has 1 fully saturated rings. The summed E-state index contributed by atoms with van der Waals surface area (Å²) in [6, 6.07) is 3.39. The average molecular weight is 297 g/mol. The van der Waals surface area contributed by atoms with Crippen molar-refractivity contribution in [3.05, 3.63) is 17.7 Å². The molecule has 0 saturated carbocycles. The van der Waals surface area contributed by atoms with Crippen LogP contribution in [0.25, 0.3) is 0 Å². The summed E-state index contributed by atoms with van der Waals surface area (Å²) < 4.78 is 15.8. The van der Waals surface area contributed by atoms with Gasteiger partial charge in [0.2, 0.25) is 5.75 Å². The standard InChI is InChI=1S/C14H19NO4S/c1-9-15(5-6-20-9)14(16)10-7-11(17-2)13(19-4)12(8-10)18-3/h7-9H,5-6H2,1-4H3. The van der Waals surface area contributed by atoms with Crippen molar-refractivity contribution in [1.82, 2.24) is 4.90 Å². The lowest BCUT2D eigenvalue weighted by Crippen LogP contribution is -2.33. The molecule has 0 aromatic heterocycles. The number of benzene rings is 1. The summed E-state index contributed by atoms with van der Waals surface area (Å²) in [6.07, 6.45) is 0. The van der Waals surface area contributed by atoms with E-state index in [-0.39, 0.29) is 11.3 Å². The average Bonchev–Trinajstić information content (AvgIpc) is 2.90. The Kier molecular flexibility index (Phi) is 4.65. The Balaban J connectivity index is 2.39. The second-order valence-electron chi connectivity index (χ2n) is 4.38. The molecule has 0 radical (unpaired) electrons. The number of hydrogen-bond acceptors (Lipinski definition) is 5. The summed E-state index contributed by atoms with van der Waals surface area (Å²) >= 11 is 1.77. The van der Waals surface area contributed by atoms with Crippen LogP contribution in [0, 0.1) is 0 Å². The second-order valence-corrected chi connectivity index (χ2v) is 5.81. The van der Waals surface area contributed by atoms with Gasteiger partial charge in [0.25, 0.3) is 5.91 Å². The van der Waals surface area contributed by atoms with E-state index < -0.39 is 0 Å². The van der Waals surface area contributed by atoms with Gasteiger partial charge in [0.15, 0.2) is 11.5 Å². The summed E-state index contributed by atoms with van der Waals surface area (Å²) in [5.74, 6) is 2.44. The molecule has 1 aliphatic rings. The lowest BCUT2D eigenvalue weighted by Gasteiger charge is -2.21. The Hall–Kier alpha value is -1.56. The number of hydrogen-bond donors (Lipinski definition) is 0. The highest BCUT2D eigenvalue weighted by Gasteiger charge is 2.28. The monoisotopic (exact) mass is 297 g/mol. The summed E-state index contributed by atoms with van der Waals surface area (Å²) in [5, 5.41) is 0.196. The molecule has 1 aromatic carbocycles. The van der Waals surface area contributed by atoms with E-state index in [2.05, 4.69) is 0 Å². The third-order valence-corrected chi connectivity index (χ3v) is 4.46. The van der Waals surface area contributed by atoms with Gasteiger partial charge in [-0.25, -0.2) is 0 Å². The molecule has 0 spiro atoms. The van der Waals surface area contributed by atoms with Gasteiger partial charge in [0, 0.05) is 17.9 Å². The molecule has 20 heavy (non-hydrogen) atoms. The summed E-state index contributed by atoms with van der Waals surface area (Å²) in [7, 11) is 4.63. The topological polar surface area (TPSA) is 48.0 Å². The van der Waals surface area contributed by atoms with E-state index in [1.54, 1.807) is 45.2 Å². The Morgan fingerprint density at radius 3 is 2.20 bits per heavy atom. The molecule has 2 rings (SSSR count). The zero-order chi connectivity index (χ0) is 14.7. The van der Waals surface area contributed by atoms with E-state index in [1.165, 1.54) is 0 Å². The van der Waals surface area contributed by atoms with E-state index in [0.717, 1.165) is 12.3 Å². The van der Waals surface area contributed by atoms with E-state index >= 15 is 0 Å². The van der Waals surface area contributed by atoms with Gasteiger partial charge in [-0.15, -0.1) is 11.8 Å². The highest BCUT2D eigenvalue weighted by atomic mass is 32.2. The maximum Gasteiger partial charge on any atom is 0.255 e. The van der Waals surface area contributed by atoms with Gasteiger partial charge in [-0.1, -0.05) is 0 Å². The first-order chi connectivity index (χ1) is 9.62. The molecule has 1 unspecified atom stereocenters. The minimum atomic E-state index is -0.0123. The van der Waals surface area contributed by atoms with Crippen molar-refractivity contribution in [3.63, 3.8) is 0 Å². The number of rotatable bonds is 4. The number of methoxy groups -OCH3 is 3. The molecular formula is C14H19NO4S. The maximum atomic E-state index is 12.6. The quantitative estimate of drug-likeness (QED) is 0.853. The molecule has 0 N–H and O–H groups in total. The first kappa shape index (κ1) is 14.8. The lowest BCUT2D eigenvalue weighted by atomic mass is 10.1. The van der Waals surface area contributed by atoms with Crippen LogP contribution in [-0.4, -0.2) is 49.8 Å². The fourth-order valence-electron chi connectivity index (χ4n) is 2.23. The van der Waals surface area contributed by atoms with Crippen LogP contribution < -0.4 is 14.2 Å². The minimum absolute atomic E-state index is 0.0123. The molecular weight excluding hydrogens is 278 g/mol. The predicted octanol–water partition coefficient (Wildman–Crippen LogP) is 2.25. The maximum absolute atomic E-state index is 12.6. The Morgan fingerprint density at radius 2 is 1.80 bits per heavy atom. The molecule has 1 atom stereocenters. The fourth-order valence-corrected chi connectivity index (χ4v) is 3.25. The molecule has 1 aliphatic heterocycles. The van der Waals surface area contributed by atoms with Crippen LogP contribution in [0.1, 0.15) is 17.3 Å². The van der Waals surface area contributed by atoms with Crippen molar-refractivity contribution < 1.29 is 19.0 Å². The number of nitrogens with zero attached hydrogens (tertiary/aromatic N) is 1. The zero-order valence-corrected chi connectivity index (χ0v) is 13.0. The molecule has 1 heterocycles. The van der Waals surface area contributed by atoms with Gasteiger partial charge in [0.05, 0.1) is 26.7 Å². The van der Waals surface area contributed by atoms with Crippen LogP contribution in [-0.2, 0) is 0 Å². The largest absolute Gasteiger partial charge is 0.493 e. The van der Waals surface area contributed by atoms with Crippen molar-refractivity contribution in [1.29, 1.82) is 0 Å². The van der Waals surface area contributed by atoms with Crippen molar-refractivity contribution in [2.45, 2.75) is 12.3 Å². The molecule has 1 saturated heterocycles. The summed E-state index contributed by atoms with van der Waals surface area (Å²) in [5.41, 5.74) is 0.550. The molecule has 6 heteroatoms. The third kappa shape index (κ3) is 2.65. The Morgan fingerprint density at radius 1 is 1.20 bits per heavy atom. The van der Waals surface area contributed by atoms with Gasteiger partial charge in [0.1, 0.15) is 0 Å². The van der Waals surface area contributed by atoms with Crippen LogP contribution in [0.15, 0.2) is 12.1 Å². The fraction of sp³-hybridized carbons (Fsp3) is 0.500. The Labute approximate surface area is 123 Å². The van der Waals surface area contributed by atoms with Crippen LogP contribution in [0.4, 0.5) is 0 Å². The van der Waals surface area contributed by atoms with E-state index in [1.807, 2.05) is 11.8 Å². The van der Waals surface area contributed by atoms with Crippen LogP contribution in [0.2, 0.25) is 0 Å². The first-order valence-electron chi connectivity index (χ1n) is 6.35. The normalized spacial score (nSPS) is 18.0. The Bertz CT molecular complexity index is 481. The lowest BCUT2D eigenvalue weighted by molar-refractivity contribution is 0.0767.